The maximum atomic E-state index is 13.2. The van der Waals surface area contributed by atoms with Gasteiger partial charge in [0.05, 0.1) is 17.2 Å². The van der Waals surface area contributed by atoms with E-state index in [1.807, 2.05) is 30.3 Å². The van der Waals surface area contributed by atoms with Crippen LogP contribution in [0.3, 0.4) is 0 Å². The van der Waals surface area contributed by atoms with Crippen LogP contribution >= 0.6 is 11.8 Å². The standard InChI is InChI=1S/C29H23F6NO5S/c30-28(31,32)22-10-8-20(9-11-22)26(38)36-24(14-18-6-12-23(13-7-18)41-29(33,34)35)25(37)15-21(27(39)40)17-42-16-19-4-2-1-3-5-19/h1-14,21H,15-17H2,(H,36,38)(H,39,40)/b24-14+/t21-/m0/s1. The van der Waals surface area contributed by atoms with E-state index in [0.29, 0.717) is 17.9 Å². The van der Waals surface area contributed by atoms with Crippen molar-refractivity contribution in [2.45, 2.75) is 24.7 Å². The molecule has 0 spiro atoms. The molecular weight excluding hydrogens is 588 g/mol. The SMILES string of the molecule is O=C(C[C@@H](CSCc1ccccc1)C(=O)O)/C(=C\c1ccc(OC(F)(F)F)cc1)NC(=O)c1ccc(C(F)(F)F)cc1. The van der Waals surface area contributed by atoms with E-state index in [0.717, 1.165) is 35.9 Å². The number of ketones is 1. The third kappa shape index (κ3) is 10.3. The van der Waals surface area contributed by atoms with Crippen molar-refractivity contribution >= 4 is 35.5 Å². The predicted octanol–water partition coefficient (Wildman–Crippen LogP) is 6.97. The number of carboxylic acids is 1. The number of carbonyl (C=O) groups excluding carboxylic acids is 2. The molecule has 3 aromatic carbocycles. The summed E-state index contributed by atoms with van der Waals surface area (Å²) in [7, 11) is 0. The van der Waals surface area contributed by atoms with Crippen LogP contribution in [0.2, 0.25) is 0 Å². The summed E-state index contributed by atoms with van der Waals surface area (Å²) in [6, 6.07) is 16.7. The van der Waals surface area contributed by atoms with Gasteiger partial charge in [-0.3, -0.25) is 14.4 Å². The maximum Gasteiger partial charge on any atom is 0.573 e. The summed E-state index contributed by atoms with van der Waals surface area (Å²) in [6.45, 7) is 0. The molecule has 0 heterocycles. The van der Waals surface area contributed by atoms with Crippen LogP contribution in [0.4, 0.5) is 26.3 Å². The molecule has 222 valence electrons. The van der Waals surface area contributed by atoms with E-state index >= 15 is 0 Å². The van der Waals surface area contributed by atoms with Crippen molar-refractivity contribution in [2.75, 3.05) is 5.75 Å². The van der Waals surface area contributed by atoms with Crippen molar-refractivity contribution in [1.29, 1.82) is 0 Å². The van der Waals surface area contributed by atoms with Crippen molar-refractivity contribution in [3.05, 3.63) is 107 Å². The molecule has 0 saturated carbocycles. The van der Waals surface area contributed by atoms with E-state index < -0.39 is 59.5 Å². The Morgan fingerprint density at radius 1 is 0.881 bits per heavy atom. The molecule has 0 aliphatic rings. The van der Waals surface area contributed by atoms with Crippen LogP contribution < -0.4 is 10.1 Å². The van der Waals surface area contributed by atoms with Gasteiger partial charge in [-0.2, -0.15) is 24.9 Å². The number of ether oxygens (including phenoxy) is 1. The largest absolute Gasteiger partial charge is 0.573 e. The van der Waals surface area contributed by atoms with E-state index in [1.54, 1.807) is 0 Å². The smallest absolute Gasteiger partial charge is 0.481 e. The molecule has 0 aromatic heterocycles. The number of Topliss-reactive ketones (excluding diaryl/α,β-unsaturated/α-hetero) is 1. The number of thioether (sulfide) groups is 1. The van der Waals surface area contributed by atoms with Gasteiger partial charge in [0.25, 0.3) is 5.91 Å². The fourth-order valence-corrected chi connectivity index (χ4v) is 4.66. The number of halogens is 6. The molecule has 0 aliphatic heterocycles. The Morgan fingerprint density at radius 2 is 1.50 bits per heavy atom. The monoisotopic (exact) mass is 611 g/mol. The number of hydrogen-bond acceptors (Lipinski definition) is 5. The van der Waals surface area contributed by atoms with Crippen LogP contribution in [-0.4, -0.2) is 34.9 Å². The van der Waals surface area contributed by atoms with Gasteiger partial charge < -0.3 is 15.2 Å². The molecule has 2 N–H and O–H groups in total. The second kappa shape index (κ2) is 14.1. The minimum absolute atomic E-state index is 0.0551. The van der Waals surface area contributed by atoms with E-state index in [9.17, 15) is 45.8 Å². The van der Waals surface area contributed by atoms with E-state index in [2.05, 4.69) is 10.1 Å². The average molecular weight is 612 g/mol. The van der Waals surface area contributed by atoms with Crippen LogP contribution in [0.5, 0.6) is 5.75 Å². The number of allylic oxidation sites excluding steroid dienone is 1. The van der Waals surface area contributed by atoms with E-state index in [1.165, 1.54) is 23.9 Å². The van der Waals surface area contributed by atoms with E-state index in [-0.39, 0.29) is 16.9 Å². The molecule has 0 fully saturated rings. The number of rotatable bonds is 12. The zero-order valence-corrected chi connectivity index (χ0v) is 22.4. The van der Waals surface area contributed by atoms with Crippen molar-refractivity contribution in [3.63, 3.8) is 0 Å². The highest BCUT2D eigenvalue weighted by Crippen LogP contribution is 2.29. The Hall–Kier alpha value is -4.26. The quantitative estimate of drug-likeness (QED) is 0.170. The number of amides is 1. The highest BCUT2D eigenvalue weighted by Gasteiger charge is 2.31. The highest BCUT2D eigenvalue weighted by molar-refractivity contribution is 7.98. The lowest BCUT2D eigenvalue weighted by Gasteiger charge is -2.15. The first kappa shape index (κ1) is 32.3. The normalized spacial score (nSPS) is 12.9. The third-order valence-corrected chi connectivity index (χ3v) is 6.83. The average Bonchev–Trinajstić information content (AvgIpc) is 2.92. The fraction of sp³-hybridized carbons (Fsp3) is 0.207. The van der Waals surface area contributed by atoms with Gasteiger partial charge in [-0.1, -0.05) is 42.5 Å². The first-order valence-corrected chi connectivity index (χ1v) is 13.3. The van der Waals surface area contributed by atoms with Crippen LogP contribution in [0.25, 0.3) is 6.08 Å². The number of alkyl halides is 6. The number of benzene rings is 3. The van der Waals surface area contributed by atoms with Crippen LogP contribution in [0, 0.1) is 5.92 Å². The fourth-order valence-electron chi connectivity index (χ4n) is 3.57. The molecule has 0 unspecified atom stereocenters. The number of aliphatic carboxylic acids is 1. The minimum atomic E-state index is -4.93. The van der Waals surface area contributed by atoms with Gasteiger partial charge in [0.15, 0.2) is 5.78 Å². The molecule has 6 nitrogen and oxygen atoms in total. The van der Waals surface area contributed by atoms with Crippen LogP contribution in [0.15, 0.2) is 84.6 Å². The molecule has 1 amide bonds. The summed E-state index contributed by atoms with van der Waals surface area (Å²) in [5.74, 6) is -4.17. The zero-order chi connectivity index (χ0) is 30.9. The van der Waals surface area contributed by atoms with Gasteiger partial charge in [0, 0.05) is 23.5 Å². The molecule has 0 saturated heterocycles. The number of carbonyl (C=O) groups is 3. The Balaban J connectivity index is 1.82. The molecule has 1 atom stereocenters. The van der Waals surface area contributed by atoms with Crippen molar-refractivity contribution in [3.8, 4) is 5.75 Å². The highest BCUT2D eigenvalue weighted by atomic mass is 32.2. The topological polar surface area (TPSA) is 92.7 Å². The Morgan fingerprint density at radius 3 is 2.05 bits per heavy atom. The van der Waals surface area contributed by atoms with Crippen molar-refractivity contribution in [1.82, 2.24) is 5.32 Å². The predicted molar refractivity (Wildman–Crippen MR) is 143 cm³/mol. The van der Waals surface area contributed by atoms with Gasteiger partial charge >= 0.3 is 18.5 Å². The lowest BCUT2D eigenvalue weighted by atomic mass is 10.0. The first-order valence-electron chi connectivity index (χ1n) is 12.1. The Kier molecular flexibility index (Phi) is 10.8. The molecular formula is C29H23F6NO5S. The Labute approximate surface area is 240 Å². The molecule has 3 aromatic rings. The molecule has 3 rings (SSSR count). The van der Waals surface area contributed by atoms with Gasteiger partial charge in [-0.25, -0.2) is 0 Å². The Bertz CT molecular complexity index is 1410. The first-order chi connectivity index (χ1) is 19.7. The summed E-state index contributed by atoms with van der Waals surface area (Å²) in [5.41, 5.74) is -0.511. The van der Waals surface area contributed by atoms with Crippen LogP contribution in [-0.2, 0) is 21.5 Å². The molecule has 0 radical (unpaired) electrons. The second-order valence-electron chi connectivity index (χ2n) is 8.87. The summed E-state index contributed by atoms with van der Waals surface area (Å²) in [4.78, 5) is 37.9. The van der Waals surface area contributed by atoms with Gasteiger partial charge in [0.2, 0.25) is 0 Å². The zero-order valence-electron chi connectivity index (χ0n) is 21.5. The second-order valence-corrected chi connectivity index (χ2v) is 9.90. The van der Waals surface area contributed by atoms with Gasteiger partial charge in [0.1, 0.15) is 5.75 Å². The third-order valence-electron chi connectivity index (χ3n) is 5.66. The minimum Gasteiger partial charge on any atom is -0.481 e. The maximum absolute atomic E-state index is 13.2. The molecule has 13 heteroatoms. The number of hydrogen-bond donors (Lipinski definition) is 2. The lowest BCUT2D eigenvalue weighted by molar-refractivity contribution is -0.274. The molecule has 42 heavy (non-hydrogen) atoms. The number of carboxylic acid groups (broad SMARTS) is 1. The molecule has 0 aliphatic carbocycles. The number of nitrogens with one attached hydrogen (secondary N) is 1. The summed E-state index contributed by atoms with van der Waals surface area (Å²) < 4.78 is 80.0. The summed E-state index contributed by atoms with van der Waals surface area (Å²) in [6.07, 6.45) is -8.98. The van der Waals surface area contributed by atoms with E-state index in [4.69, 9.17) is 0 Å². The summed E-state index contributed by atoms with van der Waals surface area (Å²) >= 11 is 1.28. The summed E-state index contributed by atoms with van der Waals surface area (Å²) in [5, 5.41) is 12.0. The molecule has 0 bridgehead atoms. The van der Waals surface area contributed by atoms with Crippen LogP contribution in [0.1, 0.15) is 33.5 Å². The van der Waals surface area contributed by atoms with Gasteiger partial charge in [-0.15, -0.1) is 13.2 Å². The van der Waals surface area contributed by atoms with Crippen molar-refractivity contribution in [2.24, 2.45) is 5.92 Å². The van der Waals surface area contributed by atoms with Gasteiger partial charge in [-0.05, 0) is 53.6 Å². The van der Waals surface area contributed by atoms with Crippen molar-refractivity contribution < 1.29 is 50.6 Å². The lowest BCUT2D eigenvalue weighted by Crippen LogP contribution is -2.30.